The van der Waals surface area contributed by atoms with Crippen LogP contribution in [0.15, 0.2) is 0 Å². The van der Waals surface area contributed by atoms with Crippen molar-refractivity contribution in [2.75, 3.05) is 6.54 Å². The molecule has 1 unspecified atom stereocenters. The first kappa shape index (κ1) is 15.4. The van der Waals surface area contributed by atoms with Crippen molar-refractivity contribution >= 4 is 11.7 Å². The average Bonchev–Trinajstić information content (AvgIpc) is 2.96. The van der Waals surface area contributed by atoms with Gasteiger partial charge in [-0.15, -0.1) is 0 Å². The Morgan fingerprint density at radius 2 is 1.90 bits per heavy atom. The van der Waals surface area contributed by atoms with Gasteiger partial charge in [0.2, 0.25) is 5.78 Å². The molecule has 1 aliphatic carbocycles. The van der Waals surface area contributed by atoms with Gasteiger partial charge in [-0.3, -0.25) is 9.59 Å². The maximum absolute atomic E-state index is 13.8. The molecule has 0 aromatic carbocycles. The minimum atomic E-state index is -3.33. The van der Waals surface area contributed by atoms with Crippen molar-refractivity contribution in [1.29, 1.82) is 0 Å². The van der Waals surface area contributed by atoms with Crippen LogP contribution in [0.4, 0.5) is 8.78 Å². The third kappa shape index (κ3) is 2.34. The van der Waals surface area contributed by atoms with E-state index in [1.807, 2.05) is 6.92 Å². The molecule has 0 aromatic heterocycles. The van der Waals surface area contributed by atoms with Crippen LogP contribution in [0.5, 0.6) is 0 Å². The van der Waals surface area contributed by atoms with Crippen molar-refractivity contribution in [3.05, 3.63) is 0 Å². The molecule has 1 N–H and O–H groups in total. The fraction of sp³-hybridized carbons (Fsp3) is 0.857. The van der Waals surface area contributed by atoms with Crippen molar-refractivity contribution in [3.63, 3.8) is 0 Å². The standard InChI is InChI=1S/C14H21F2NO3/c1-2-3-6-10(18)11(19)17-9-14(15,16)12(20)13(17)7-4-5-8-13/h12,20H,2-9H2,1H3. The van der Waals surface area contributed by atoms with Crippen LogP contribution in [-0.4, -0.2) is 45.8 Å². The Labute approximate surface area is 117 Å². The van der Waals surface area contributed by atoms with Gasteiger partial charge in [0, 0.05) is 6.42 Å². The maximum atomic E-state index is 13.8. The van der Waals surface area contributed by atoms with Gasteiger partial charge in [-0.05, 0) is 19.3 Å². The Hall–Kier alpha value is -1.04. The summed E-state index contributed by atoms with van der Waals surface area (Å²) in [6.45, 7) is 1.05. The number of likely N-dealkylation sites (tertiary alicyclic amines) is 1. The topological polar surface area (TPSA) is 57.6 Å². The highest BCUT2D eigenvalue weighted by Crippen LogP contribution is 2.49. The molecule has 1 heterocycles. The van der Waals surface area contributed by atoms with Gasteiger partial charge in [0.05, 0.1) is 12.1 Å². The van der Waals surface area contributed by atoms with Crippen molar-refractivity contribution < 1.29 is 23.5 Å². The van der Waals surface area contributed by atoms with E-state index in [9.17, 15) is 23.5 Å². The fourth-order valence-corrected chi connectivity index (χ4v) is 3.39. The summed E-state index contributed by atoms with van der Waals surface area (Å²) >= 11 is 0. The van der Waals surface area contributed by atoms with Gasteiger partial charge in [-0.1, -0.05) is 26.2 Å². The Morgan fingerprint density at radius 3 is 2.45 bits per heavy atom. The molecule has 2 aliphatic rings. The molecule has 1 spiro atoms. The Morgan fingerprint density at radius 1 is 1.30 bits per heavy atom. The lowest BCUT2D eigenvalue weighted by Gasteiger charge is -2.36. The highest BCUT2D eigenvalue weighted by Gasteiger charge is 2.65. The van der Waals surface area contributed by atoms with Crippen LogP contribution in [0.1, 0.15) is 51.9 Å². The van der Waals surface area contributed by atoms with Gasteiger partial charge >= 0.3 is 0 Å². The minimum Gasteiger partial charge on any atom is -0.384 e. The van der Waals surface area contributed by atoms with Crippen molar-refractivity contribution in [2.45, 2.75) is 69.4 Å². The SMILES string of the molecule is CCCCC(=O)C(=O)N1CC(F)(F)C(O)C12CCCC2. The van der Waals surface area contributed by atoms with Crippen LogP contribution in [-0.2, 0) is 9.59 Å². The molecule has 0 aromatic rings. The molecule has 1 saturated carbocycles. The lowest BCUT2D eigenvalue weighted by molar-refractivity contribution is -0.149. The summed E-state index contributed by atoms with van der Waals surface area (Å²) in [5.74, 6) is -4.80. The molecular weight excluding hydrogens is 268 g/mol. The van der Waals surface area contributed by atoms with E-state index in [1.165, 1.54) is 0 Å². The monoisotopic (exact) mass is 289 g/mol. The summed E-state index contributed by atoms with van der Waals surface area (Å²) < 4.78 is 27.6. The molecule has 1 atom stereocenters. The van der Waals surface area contributed by atoms with Crippen molar-refractivity contribution in [2.24, 2.45) is 0 Å². The molecule has 0 bridgehead atoms. The molecule has 1 saturated heterocycles. The zero-order valence-corrected chi connectivity index (χ0v) is 11.7. The summed E-state index contributed by atoms with van der Waals surface area (Å²) in [6, 6.07) is 0. The van der Waals surface area contributed by atoms with Crippen LogP contribution in [0, 0.1) is 0 Å². The lowest BCUT2D eigenvalue weighted by atomic mass is 9.89. The largest absolute Gasteiger partial charge is 0.384 e. The second kappa shape index (κ2) is 5.39. The number of hydrogen-bond acceptors (Lipinski definition) is 3. The van der Waals surface area contributed by atoms with Gasteiger partial charge in [0.25, 0.3) is 11.8 Å². The van der Waals surface area contributed by atoms with Gasteiger partial charge in [-0.25, -0.2) is 8.78 Å². The number of nitrogens with zero attached hydrogens (tertiary/aromatic N) is 1. The second-order valence-electron chi connectivity index (χ2n) is 5.89. The average molecular weight is 289 g/mol. The summed E-state index contributed by atoms with van der Waals surface area (Å²) in [7, 11) is 0. The minimum absolute atomic E-state index is 0.0869. The van der Waals surface area contributed by atoms with Crippen molar-refractivity contribution in [1.82, 2.24) is 4.90 Å². The smallest absolute Gasteiger partial charge is 0.292 e. The van der Waals surface area contributed by atoms with Crippen LogP contribution >= 0.6 is 0 Å². The fourth-order valence-electron chi connectivity index (χ4n) is 3.39. The molecule has 20 heavy (non-hydrogen) atoms. The normalized spacial score (nSPS) is 27.2. The van der Waals surface area contributed by atoms with E-state index in [2.05, 4.69) is 0 Å². The number of Topliss-reactive ketones (excluding diaryl/α,β-unsaturated/α-hetero) is 1. The van der Waals surface area contributed by atoms with E-state index < -0.39 is 35.8 Å². The number of aliphatic hydroxyl groups excluding tert-OH is 1. The number of halogens is 2. The number of carbonyl (C=O) groups excluding carboxylic acids is 2. The number of alkyl halides is 2. The van der Waals surface area contributed by atoms with Gasteiger partial charge in [0.15, 0.2) is 0 Å². The van der Waals surface area contributed by atoms with E-state index in [4.69, 9.17) is 0 Å². The maximum Gasteiger partial charge on any atom is 0.292 e. The highest BCUT2D eigenvalue weighted by atomic mass is 19.3. The molecule has 2 fully saturated rings. The second-order valence-corrected chi connectivity index (χ2v) is 5.89. The van der Waals surface area contributed by atoms with Crippen LogP contribution in [0.2, 0.25) is 0 Å². The molecule has 1 amide bonds. The van der Waals surface area contributed by atoms with Gasteiger partial charge in [-0.2, -0.15) is 0 Å². The van der Waals surface area contributed by atoms with E-state index in [0.717, 1.165) is 11.3 Å². The van der Waals surface area contributed by atoms with E-state index in [-0.39, 0.29) is 6.42 Å². The number of aliphatic hydroxyl groups is 1. The molecule has 1 aliphatic heterocycles. The van der Waals surface area contributed by atoms with Gasteiger partial charge in [0.1, 0.15) is 6.10 Å². The van der Waals surface area contributed by atoms with E-state index in [1.54, 1.807) is 0 Å². The Balaban J connectivity index is 2.21. The van der Waals surface area contributed by atoms with Crippen LogP contribution < -0.4 is 0 Å². The zero-order valence-electron chi connectivity index (χ0n) is 11.7. The first-order chi connectivity index (χ1) is 9.35. The third-order valence-corrected chi connectivity index (χ3v) is 4.53. The summed E-state index contributed by atoms with van der Waals surface area (Å²) in [6.07, 6.45) is 1.64. The highest BCUT2D eigenvalue weighted by molar-refractivity contribution is 6.36. The predicted molar refractivity (Wildman–Crippen MR) is 68.4 cm³/mol. The Bertz CT molecular complexity index is 405. The lowest BCUT2D eigenvalue weighted by Crippen LogP contribution is -2.53. The zero-order chi connectivity index (χ0) is 15.0. The number of hydrogen-bond donors (Lipinski definition) is 1. The number of carbonyl (C=O) groups is 2. The van der Waals surface area contributed by atoms with E-state index in [0.29, 0.717) is 32.1 Å². The summed E-state index contributed by atoms with van der Waals surface area (Å²) in [4.78, 5) is 25.0. The number of rotatable bonds is 4. The number of ketones is 1. The number of unbranched alkanes of at least 4 members (excludes halogenated alkanes) is 1. The summed E-state index contributed by atoms with van der Waals surface area (Å²) in [5, 5.41) is 9.93. The first-order valence-corrected chi connectivity index (χ1v) is 7.26. The molecule has 0 radical (unpaired) electrons. The van der Waals surface area contributed by atoms with Crippen LogP contribution in [0.25, 0.3) is 0 Å². The molecule has 2 rings (SSSR count). The van der Waals surface area contributed by atoms with Crippen molar-refractivity contribution in [3.8, 4) is 0 Å². The summed E-state index contributed by atoms with van der Waals surface area (Å²) in [5.41, 5.74) is -1.23. The van der Waals surface area contributed by atoms with Crippen LogP contribution in [0.3, 0.4) is 0 Å². The number of amides is 1. The van der Waals surface area contributed by atoms with Gasteiger partial charge < -0.3 is 10.0 Å². The first-order valence-electron chi connectivity index (χ1n) is 7.26. The molecule has 4 nitrogen and oxygen atoms in total. The molecule has 6 heteroatoms. The van der Waals surface area contributed by atoms with E-state index >= 15 is 0 Å². The molecule has 114 valence electrons. The molecular formula is C14H21F2NO3. The quantitative estimate of drug-likeness (QED) is 0.804. The Kier molecular flexibility index (Phi) is 4.14. The predicted octanol–water partition coefficient (Wildman–Crippen LogP) is 1.90. The third-order valence-electron chi connectivity index (χ3n) is 4.53.